The maximum absolute atomic E-state index is 11.4. The van der Waals surface area contributed by atoms with Gasteiger partial charge in [-0.05, 0) is 36.8 Å². The number of hydrogen-bond acceptors (Lipinski definition) is 4. The summed E-state index contributed by atoms with van der Waals surface area (Å²) >= 11 is 0. The van der Waals surface area contributed by atoms with E-state index in [1.165, 1.54) is 0 Å². The molecule has 0 N–H and O–H groups in total. The molecule has 0 radical (unpaired) electrons. The predicted octanol–water partition coefficient (Wildman–Crippen LogP) is 3.50. The number of aldehydes is 1. The molecule has 0 bridgehead atoms. The van der Waals surface area contributed by atoms with Crippen molar-refractivity contribution in [3.05, 3.63) is 41.5 Å². The molecule has 0 unspecified atom stereocenters. The van der Waals surface area contributed by atoms with Gasteiger partial charge in [0.15, 0.2) is 17.8 Å². The van der Waals surface area contributed by atoms with Gasteiger partial charge in [-0.15, -0.1) is 0 Å². The Balaban J connectivity index is 2.73. The summed E-state index contributed by atoms with van der Waals surface area (Å²) < 4.78 is 16.0. The number of aryl methyl sites for hydroxylation is 1. The van der Waals surface area contributed by atoms with Gasteiger partial charge in [0, 0.05) is 11.1 Å². The lowest BCUT2D eigenvalue weighted by atomic mass is 9.97. The van der Waals surface area contributed by atoms with Crippen molar-refractivity contribution in [2.45, 2.75) is 6.92 Å². The second-order valence-corrected chi connectivity index (χ2v) is 4.62. The molecule has 4 heteroatoms. The number of carbonyl (C=O) groups excluding carboxylic acids is 1. The Morgan fingerprint density at radius 2 is 1.43 bits per heavy atom. The Hall–Kier alpha value is -2.49. The van der Waals surface area contributed by atoms with Gasteiger partial charge >= 0.3 is 0 Å². The van der Waals surface area contributed by atoms with Crippen LogP contribution in [0.3, 0.4) is 0 Å². The van der Waals surface area contributed by atoms with Crippen molar-refractivity contribution < 1.29 is 19.0 Å². The van der Waals surface area contributed by atoms with Crippen LogP contribution in [0.2, 0.25) is 0 Å². The standard InChI is InChI=1S/C17H18O4/c1-11-5-6-15(19-2)14(7-11)13-9-17(21-4)16(20-3)8-12(13)10-18/h5-10H,1-4H3. The number of ether oxygens (including phenoxy) is 3. The molecule has 0 fully saturated rings. The van der Waals surface area contributed by atoms with Crippen LogP contribution in [0, 0.1) is 6.92 Å². The number of benzene rings is 2. The first-order chi connectivity index (χ1) is 10.1. The molecule has 110 valence electrons. The monoisotopic (exact) mass is 286 g/mol. The second-order valence-electron chi connectivity index (χ2n) is 4.62. The lowest BCUT2D eigenvalue weighted by Gasteiger charge is -2.15. The molecular weight excluding hydrogens is 268 g/mol. The molecule has 0 aliphatic rings. The van der Waals surface area contributed by atoms with Crippen molar-refractivity contribution >= 4 is 6.29 Å². The summed E-state index contributed by atoms with van der Waals surface area (Å²) in [4.78, 5) is 11.4. The smallest absolute Gasteiger partial charge is 0.161 e. The van der Waals surface area contributed by atoms with Crippen molar-refractivity contribution in [1.29, 1.82) is 0 Å². The number of carbonyl (C=O) groups is 1. The van der Waals surface area contributed by atoms with Crippen LogP contribution in [-0.2, 0) is 0 Å². The molecule has 0 aliphatic heterocycles. The van der Waals surface area contributed by atoms with E-state index in [-0.39, 0.29) is 0 Å². The highest BCUT2D eigenvalue weighted by molar-refractivity contribution is 5.91. The molecule has 2 rings (SSSR count). The molecule has 0 saturated heterocycles. The summed E-state index contributed by atoms with van der Waals surface area (Å²) in [5.74, 6) is 1.80. The van der Waals surface area contributed by atoms with Crippen LogP contribution in [-0.4, -0.2) is 27.6 Å². The third kappa shape index (κ3) is 2.84. The number of hydrogen-bond donors (Lipinski definition) is 0. The van der Waals surface area contributed by atoms with Crippen LogP contribution in [0.15, 0.2) is 30.3 Å². The van der Waals surface area contributed by atoms with E-state index in [1.807, 2.05) is 25.1 Å². The fraction of sp³-hybridized carbons (Fsp3) is 0.235. The Labute approximate surface area is 124 Å². The fourth-order valence-electron chi connectivity index (χ4n) is 2.26. The largest absolute Gasteiger partial charge is 0.496 e. The topological polar surface area (TPSA) is 44.8 Å². The third-order valence-electron chi connectivity index (χ3n) is 3.33. The highest BCUT2D eigenvalue weighted by Crippen LogP contribution is 2.39. The van der Waals surface area contributed by atoms with Gasteiger partial charge in [-0.25, -0.2) is 0 Å². The summed E-state index contributed by atoms with van der Waals surface area (Å²) in [6.45, 7) is 1.99. The molecular formula is C17H18O4. The molecule has 0 aromatic heterocycles. The summed E-state index contributed by atoms with van der Waals surface area (Å²) in [6.07, 6.45) is 0.805. The van der Waals surface area contributed by atoms with E-state index in [2.05, 4.69) is 0 Å². The molecule has 4 nitrogen and oxygen atoms in total. The fourth-order valence-corrected chi connectivity index (χ4v) is 2.26. The summed E-state index contributed by atoms with van der Waals surface area (Å²) in [5.41, 5.74) is 3.21. The first-order valence-corrected chi connectivity index (χ1v) is 6.50. The quantitative estimate of drug-likeness (QED) is 0.789. The summed E-state index contributed by atoms with van der Waals surface area (Å²) in [6, 6.07) is 9.29. The molecule has 21 heavy (non-hydrogen) atoms. The third-order valence-corrected chi connectivity index (χ3v) is 3.33. The predicted molar refractivity (Wildman–Crippen MR) is 81.7 cm³/mol. The van der Waals surface area contributed by atoms with Crippen molar-refractivity contribution in [2.75, 3.05) is 21.3 Å². The minimum Gasteiger partial charge on any atom is -0.496 e. The highest BCUT2D eigenvalue weighted by atomic mass is 16.5. The highest BCUT2D eigenvalue weighted by Gasteiger charge is 2.15. The van der Waals surface area contributed by atoms with Gasteiger partial charge in [0.05, 0.1) is 21.3 Å². The van der Waals surface area contributed by atoms with E-state index in [4.69, 9.17) is 14.2 Å². The zero-order chi connectivity index (χ0) is 15.4. The van der Waals surface area contributed by atoms with Gasteiger partial charge in [-0.2, -0.15) is 0 Å². The van der Waals surface area contributed by atoms with Crippen LogP contribution in [0.25, 0.3) is 11.1 Å². The van der Waals surface area contributed by atoms with Gasteiger partial charge in [0.25, 0.3) is 0 Å². The van der Waals surface area contributed by atoms with E-state index >= 15 is 0 Å². The van der Waals surface area contributed by atoms with Crippen molar-refractivity contribution in [3.8, 4) is 28.4 Å². The Bertz CT molecular complexity index is 662. The summed E-state index contributed by atoms with van der Waals surface area (Å²) in [7, 11) is 4.71. The molecule has 0 spiro atoms. The van der Waals surface area contributed by atoms with Crippen LogP contribution < -0.4 is 14.2 Å². The first kappa shape index (κ1) is 14.9. The van der Waals surface area contributed by atoms with Crippen LogP contribution in [0.4, 0.5) is 0 Å². The maximum atomic E-state index is 11.4. The van der Waals surface area contributed by atoms with Crippen LogP contribution in [0.5, 0.6) is 17.2 Å². The van der Waals surface area contributed by atoms with Crippen molar-refractivity contribution in [1.82, 2.24) is 0 Å². The van der Waals surface area contributed by atoms with Crippen LogP contribution in [0.1, 0.15) is 15.9 Å². The molecule has 0 aliphatic carbocycles. The van der Waals surface area contributed by atoms with Crippen molar-refractivity contribution in [2.24, 2.45) is 0 Å². The average Bonchev–Trinajstić information content (AvgIpc) is 2.53. The first-order valence-electron chi connectivity index (χ1n) is 6.50. The molecule has 0 saturated carbocycles. The average molecular weight is 286 g/mol. The van der Waals surface area contributed by atoms with Gasteiger partial charge in [0.1, 0.15) is 5.75 Å². The summed E-state index contributed by atoms with van der Waals surface area (Å²) in [5, 5.41) is 0. The Morgan fingerprint density at radius 1 is 0.810 bits per heavy atom. The van der Waals surface area contributed by atoms with E-state index in [0.717, 1.165) is 23.0 Å². The van der Waals surface area contributed by atoms with E-state index in [0.29, 0.717) is 22.8 Å². The van der Waals surface area contributed by atoms with Crippen LogP contribution >= 0.6 is 0 Å². The lowest BCUT2D eigenvalue weighted by Crippen LogP contribution is -1.97. The number of rotatable bonds is 5. The van der Waals surface area contributed by atoms with E-state index in [9.17, 15) is 4.79 Å². The van der Waals surface area contributed by atoms with Gasteiger partial charge in [0.2, 0.25) is 0 Å². The number of methoxy groups -OCH3 is 3. The molecule has 0 heterocycles. The second kappa shape index (κ2) is 6.31. The SMILES string of the molecule is COc1cc(C=O)c(-c2cc(C)ccc2OC)cc1OC. The lowest BCUT2D eigenvalue weighted by molar-refractivity contribution is 0.112. The molecule has 2 aromatic rings. The molecule has 0 amide bonds. The van der Waals surface area contributed by atoms with E-state index in [1.54, 1.807) is 33.5 Å². The van der Waals surface area contributed by atoms with Gasteiger partial charge in [-0.1, -0.05) is 11.6 Å². The Morgan fingerprint density at radius 3 is 2.00 bits per heavy atom. The van der Waals surface area contributed by atoms with Gasteiger partial charge < -0.3 is 14.2 Å². The molecule has 2 aromatic carbocycles. The van der Waals surface area contributed by atoms with Gasteiger partial charge in [-0.3, -0.25) is 4.79 Å². The van der Waals surface area contributed by atoms with E-state index < -0.39 is 0 Å². The minimum atomic E-state index is 0.523. The normalized spacial score (nSPS) is 10.1. The van der Waals surface area contributed by atoms with Crippen molar-refractivity contribution in [3.63, 3.8) is 0 Å². The zero-order valence-electron chi connectivity index (χ0n) is 12.6. The maximum Gasteiger partial charge on any atom is 0.161 e. The Kier molecular flexibility index (Phi) is 4.48. The minimum absolute atomic E-state index is 0.523. The zero-order valence-corrected chi connectivity index (χ0v) is 12.6. The molecule has 0 atom stereocenters.